The minimum atomic E-state index is -0.555. The first kappa shape index (κ1) is 11.3. The first-order valence-electron chi connectivity index (χ1n) is 5.89. The third kappa shape index (κ3) is 1.78. The van der Waals surface area contributed by atoms with Gasteiger partial charge in [0, 0.05) is 29.5 Å². The molecule has 0 saturated carbocycles. The van der Waals surface area contributed by atoms with E-state index in [1.807, 2.05) is 19.9 Å². The molecule has 0 radical (unpaired) electrons. The van der Waals surface area contributed by atoms with Gasteiger partial charge in [0.2, 0.25) is 0 Å². The Balaban J connectivity index is 2.24. The van der Waals surface area contributed by atoms with Gasteiger partial charge in [0.15, 0.2) is 0 Å². The molecule has 0 spiro atoms. The molecule has 1 N–H and O–H groups in total. The molecule has 2 heterocycles. The van der Waals surface area contributed by atoms with E-state index in [9.17, 15) is 9.90 Å². The van der Waals surface area contributed by atoms with Crippen LogP contribution in [0.3, 0.4) is 0 Å². The van der Waals surface area contributed by atoms with E-state index in [-0.39, 0.29) is 0 Å². The van der Waals surface area contributed by atoms with Crippen molar-refractivity contribution in [2.45, 2.75) is 32.0 Å². The van der Waals surface area contributed by atoms with Crippen LogP contribution in [0.4, 0.5) is 0 Å². The van der Waals surface area contributed by atoms with Gasteiger partial charge >= 0.3 is 5.63 Å². The molecule has 94 valence electrons. The van der Waals surface area contributed by atoms with Crippen molar-refractivity contribution in [1.29, 1.82) is 0 Å². The van der Waals surface area contributed by atoms with E-state index in [1.54, 1.807) is 12.1 Å². The molecule has 0 bridgehead atoms. The second-order valence-electron chi connectivity index (χ2n) is 5.26. The molecule has 4 heteroatoms. The highest BCUT2D eigenvalue weighted by molar-refractivity contribution is 5.79. The first-order valence-corrected chi connectivity index (χ1v) is 5.89. The molecular formula is C14H14O4. The summed E-state index contributed by atoms with van der Waals surface area (Å²) in [7, 11) is 0. The predicted octanol–water partition coefficient (Wildman–Crippen LogP) is 2.39. The minimum absolute atomic E-state index is 0.391. The van der Waals surface area contributed by atoms with Crippen molar-refractivity contribution in [3.63, 3.8) is 0 Å². The minimum Gasteiger partial charge on any atom is -0.487 e. The lowest BCUT2D eigenvalue weighted by Crippen LogP contribution is -2.34. The lowest BCUT2D eigenvalue weighted by molar-refractivity contribution is 0.0117. The largest absolute Gasteiger partial charge is 0.487 e. The van der Waals surface area contributed by atoms with Crippen molar-refractivity contribution in [2.75, 3.05) is 0 Å². The standard InChI is InChI=1S/C14H14O4/c1-14(2)7-10(15)9-5-8-3-4-13(16)17-11(8)6-12(9)18-14/h3-6,10,15H,7H2,1-2H3. The Morgan fingerprint density at radius 3 is 2.89 bits per heavy atom. The van der Waals surface area contributed by atoms with E-state index >= 15 is 0 Å². The summed E-state index contributed by atoms with van der Waals surface area (Å²) in [5.41, 5.74) is 0.412. The summed E-state index contributed by atoms with van der Waals surface area (Å²) < 4.78 is 10.9. The normalized spacial score (nSPS) is 21.4. The number of benzene rings is 1. The molecule has 1 aliphatic rings. The van der Waals surface area contributed by atoms with Crippen molar-refractivity contribution >= 4 is 11.0 Å². The molecule has 0 amide bonds. The highest BCUT2D eigenvalue weighted by Gasteiger charge is 2.33. The number of hydrogen-bond donors (Lipinski definition) is 1. The number of aliphatic hydroxyl groups excluding tert-OH is 1. The molecule has 2 aromatic rings. The zero-order chi connectivity index (χ0) is 12.9. The van der Waals surface area contributed by atoms with E-state index in [0.717, 1.165) is 10.9 Å². The smallest absolute Gasteiger partial charge is 0.336 e. The number of fused-ring (bicyclic) bond motifs is 2. The van der Waals surface area contributed by atoms with Crippen molar-refractivity contribution in [3.05, 3.63) is 40.2 Å². The fraction of sp³-hybridized carbons (Fsp3) is 0.357. The van der Waals surface area contributed by atoms with Crippen molar-refractivity contribution in [2.24, 2.45) is 0 Å². The van der Waals surface area contributed by atoms with Crippen LogP contribution < -0.4 is 10.4 Å². The van der Waals surface area contributed by atoms with Gasteiger partial charge in [0.1, 0.15) is 16.9 Å². The van der Waals surface area contributed by atoms with E-state index in [0.29, 0.717) is 17.8 Å². The summed E-state index contributed by atoms with van der Waals surface area (Å²) in [4.78, 5) is 11.2. The maximum atomic E-state index is 11.2. The average Bonchev–Trinajstić information content (AvgIpc) is 2.25. The second-order valence-corrected chi connectivity index (χ2v) is 5.26. The quantitative estimate of drug-likeness (QED) is 0.725. The van der Waals surface area contributed by atoms with Crippen LogP contribution in [-0.2, 0) is 0 Å². The van der Waals surface area contributed by atoms with Crippen molar-refractivity contribution in [1.82, 2.24) is 0 Å². The average molecular weight is 246 g/mol. The van der Waals surface area contributed by atoms with Crippen LogP contribution in [0, 0.1) is 0 Å². The molecular weight excluding hydrogens is 232 g/mol. The molecule has 1 aromatic carbocycles. The molecule has 0 aliphatic carbocycles. The maximum absolute atomic E-state index is 11.2. The summed E-state index contributed by atoms with van der Waals surface area (Å²) >= 11 is 0. The first-order chi connectivity index (χ1) is 8.44. The van der Waals surface area contributed by atoms with Crippen LogP contribution >= 0.6 is 0 Å². The Morgan fingerprint density at radius 2 is 2.11 bits per heavy atom. The maximum Gasteiger partial charge on any atom is 0.336 e. The summed E-state index contributed by atoms with van der Waals surface area (Å²) in [6.45, 7) is 3.84. The van der Waals surface area contributed by atoms with Gasteiger partial charge < -0.3 is 14.3 Å². The summed E-state index contributed by atoms with van der Waals surface area (Å²) in [6, 6.07) is 6.55. The number of ether oxygens (including phenoxy) is 1. The second kappa shape index (κ2) is 3.59. The van der Waals surface area contributed by atoms with E-state index in [1.165, 1.54) is 6.07 Å². The Morgan fingerprint density at radius 1 is 1.33 bits per heavy atom. The van der Waals surface area contributed by atoms with Crippen molar-refractivity contribution in [3.8, 4) is 5.75 Å². The highest BCUT2D eigenvalue weighted by Crippen LogP contribution is 2.41. The Bertz CT molecular complexity index is 669. The lowest BCUT2D eigenvalue weighted by Gasteiger charge is -2.35. The molecule has 0 fully saturated rings. The SMILES string of the molecule is CC1(C)CC(O)c2cc3ccc(=O)oc3cc2O1. The fourth-order valence-electron chi connectivity index (χ4n) is 2.38. The Labute approximate surface area is 104 Å². The molecule has 1 aliphatic heterocycles. The predicted molar refractivity (Wildman–Crippen MR) is 66.8 cm³/mol. The zero-order valence-electron chi connectivity index (χ0n) is 10.3. The van der Waals surface area contributed by atoms with Crippen LogP contribution in [0.5, 0.6) is 5.75 Å². The van der Waals surface area contributed by atoms with Crippen LogP contribution in [0.15, 0.2) is 33.5 Å². The summed E-state index contributed by atoms with van der Waals surface area (Å²) in [6.07, 6.45) is -0.0115. The third-order valence-corrected chi connectivity index (χ3v) is 3.18. The van der Waals surface area contributed by atoms with Gasteiger partial charge in [-0.05, 0) is 26.0 Å². The summed E-state index contributed by atoms with van der Waals surface area (Å²) in [5.74, 6) is 0.584. The van der Waals surface area contributed by atoms with Gasteiger partial charge in [0.25, 0.3) is 0 Å². The summed E-state index contributed by atoms with van der Waals surface area (Å²) in [5, 5.41) is 10.9. The molecule has 18 heavy (non-hydrogen) atoms. The Kier molecular flexibility index (Phi) is 2.25. The van der Waals surface area contributed by atoms with E-state index in [4.69, 9.17) is 9.15 Å². The van der Waals surface area contributed by atoms with Gasteiger partial charge in [-0.3, -0.25) is 0 Å². The molecule has 3 rings (SSSR count). The van der Waals surface area contributed by atoms with Crippen LogP contribution in [0.1, 0.15) is 31.9 Å². The van der Waals surface area contributed by atoms with E-state index < -0.39 is 17.3 Å². The lowest BCUT2D eigenvalue weighted by atomic mass is 9.91. The topological polar surface area (TPSA) is 59.7 Å². The Hall–Kier alpha value is -1.81. The molecule has 4 nitrogen and oxygen atoms in total. The van der Waals surface area contributed by atoms with E-state index in [2.05, 4.69) is 0 Å². The molecule has 1 aromatic heterocycles. The van der Waals surface area contributed by atoms with Gasteiger partial charge in [-0.25, -0.2) is 4.79 Å². The number of hydrogen-bond acceptors (Lipinski definition) is 4. The van der Waals surface area contributed by atoms with Gasteiger partial charge in [0.05, 0.1) is 6.10 Å². The molecule has 1 atom stereocenters. The van der Waals surface area contributed by atoms with Gasteiger partial charge in [-0.1, -0.05) is 0 Å². The van der Waals surface area contributed by atoms with Crippen LogP contribution in [0.25, 0.3) is 11.0 Å². The van der Waals surface area contributed by atoms with Gasteiger partial charge in [-0.15, -0.1) is 0 Å². The van der Waals surface area contributed by atoms with Gasteiger partial charge in [-0.2, -0.15) is 0 Å². The third-order valence-electron chi connectivity index (χ3n) is 3.18. The van der Waals surface area contributed by atoms with Crippen molar-refractivity contribution < 1.29 is 14.3 Å². The molecule has 1 unspecified atom stereocenters. The highest BCUT2D eigenvalue weighted by atomic mass is 16.5. The van der Waals surface area contributed by atoms with Crippen LogP contribution in [-0.4, -0.2) is 10.7 Å². The molecule has 0 saturated heterocycles. The number of rotatable bonds is 0. The zero-order valence-corrected chi connectivity index (χ0v) is 10.3. The number of aliphatic hydroxyl groups is 1. The van der Waals surface area contributed by atoms with Crippen LogP contribution in [0.2, 0.25) is 0 Å². The fourth-order valence-corrected chi connectivity index (χ4v) is 2.38. The monoisotopic (exact) mass is 246 g/mol.